The molecule has 0 fully saturated rings. The minimum atomic E-state index is -4.24. The van der Waals surface area contributed by atoms with Crippen LogP contribution >= 0.6 is 11.6 Å². The molecule has 23 heavy (non-hydrogen) atoms. The predicted octanol–water partition coefficient (Wildman–Crippen LogP) is 3.96. The van der Waals surface area contributed by atoms with Crippen LogP contribution in [-0.2, 0) is 10.0 Å². The molecule has 0 aliphatic rings. The average Bonchev–Trinajstić information content (AvgIpc) is 2.50. The maximum Gasteiger partial charge on any atom is 0.262 e. The highest BCUT2D eigenvalue weighted by atomic mass is 35.5. The number of benzene rings is 2. The fraction of sp³-hybridized carbons (Fsp3) is 0.143. The monoisotopic (exact) mass is 365 g/mol. The van der Waals surface area contributed by atoms with Crippen LogP contribution in [0.1, 0.15) is 6.92 Å². The van der Waals surface area contributed by atoms with E-state index in [4.69, 9.17) is 16.3 Å². The Kier molecular flexibility index (Phi) is 5.06. The summed E-state index contributed by atoms with van der Waals surface area (Å²) in [5, 5.41) is 0.0421. The van der Waals surface area contributed by atoms with Gasteiger partial charge >= 0.3 is 0 Å². The lowest BCUT2D eigenvalue weighted by molar-refractivity contribution is 0.340. The largest absolute Gasteiger partial charge is 0.492 e. The molecule has 9 heteroatoms. The summed E-state index contributed by atoms with van der Waals surface area (Å²) >= 11 is 5.89. The molecule has 0 amide bonds. The van der Waals surface area contributed by atoms with Crippen molar-refractivity contribution in [1.82, 2.24) is 0 Å². The van der Waals surface area contributed by atoms with Crippen LogP contribution in [0.2, 0.25) is 5.02 Å². The summed E-state index contributed by atoms with van der Waals surface area (Å²) in [5.74, 6) is -4.54. The summed E-state index contributed by atoms with van der Waals surface area (Å²) in [6.07, 6.45) is 0. The normalized spacial score (nSPS) is 11.3. The van der Waals surface area contributed by atoms with E-state index in [2.05, 4.69) is 0 Å². The molecule has 1 N–H and O–H groups in total. The molecule has 0 radical (unpaired) electrons. The van der Waals surface area contributed by atoms with Gasteiger partial charge in [-0.05, 0) is 37.3 Å². The first-order chi connectivity index (χ1) is 10.8. The summed E-state index contributed by atoms with van der Waals surface area (Å²) in [6, 6.07) is 5.02. The van der Waals surface area contributed by atoms with E-state index in [1.807, 2.05) is 4.72 Å². The van der Waals surface area contributed by atoms with Crippen molar-refractivity contribution in [1.29, 1.82) is 0 Å². The summed E-state index contributed by atoms with van der Waals surface area (Å²) in [4.78, 5) is -0.282. The zero-order chi connectivity index (χ0) is 17.2. The molecule has 0 unspecified atom stereocenters. The van der Waals surface area contributed by atoms with Crippen LogP contribution in [0.3, 0.4) is 0 Å². The van der Waals surface area contributed by atoms with Gasteiger partial charge in [0.15, 0.2) is 17.5 Å². The Balaban J connectivity index is 2.36. The average molecular weight is 366 g/mol. The van der Waals surface area contributed by atoms with Gasteiger partial charge in [-0.1, -0.05) is 11.6 Å². The van der Waals surface area contributed by atoms with Gasteiger partial charge in [0.05, 0.1) is 22.2 Å². The molecule has 0 heterocycles. The number of ether oxygens (including phenoxy) is 1. The van der Waals surface area contributed by atoms with E-state index in [1.54, 1.807) is 6.92 Å². The van der Waals surface area contributed by atoms with Crippen LogP contribution in [0.15, 0.2) is 35.2 Å². The first kappa shape index (κ1) is 17.4. The lowest BCUT2D eigenvalue weighted by atomic mass is 10.3. The molecule has 0 spiro atoms. The van der Waals surface area contributed by atoms with Gasteiger partial charge in [-0.3, -0.25) is 4.72 Å². The van der Waals surface area contributed by atoms with Gasteiger partial charge in [-0.15, -0.1) is 0 Å². The predicted molar refractivity (Wildman–Crippen MR) is 79.7 cm³/mol. The summed E-state index contributed by atoms with van der Waals surface area (Å²) in [5.41, 5.74) is -0.714. The van der Waals surface area contributed by atoms with Crippen molar-refractivity contribution in [2.45, 2.75) is 11.8 Å². The Labute approximate surface area is 135 Å². The second-order valence-electron chi connectivity index (χ2n) is 4.35. The van der Waals surface area contributed by atoms with Crippen molar-refractivity contribution in [2.75, 3.05) is 11.3 Å². The van der Waals surface area contributed by atoms with Gasteiger partial charge in [-0.2, -0.15) is 0 Å². The van der Waals surface area contributed by atoms with E-state index in [0.717, 1.165) is 12.1 Å². The molecule has 0 aliphatic heterocycles. The SMILES string of the molecule is CCOc1ccc(S(=O)(=O)Nc2ccc(F)c(F)c2F)cc1Cl. The van der Waals surface area contributed by atoms with E-state index < -0.39 is 33.2 Å². The van der Waals surface area contributed by atoms with Gasteiger partial charge in [0.25, 0.3) is 10.0 Å². The summed E-state index contributed by atoms with van der Waals surface area (Å²) in [7, 11) is -4.24. The number of anilines is 1. The Bertz CT molecular complexity index is 843. The molecule has 124 valence electrons. The highest BCUT2D eigenvalue weighted by molar-refractivity contribution is 7.92. The standard InChI is InChI=1S/C14H11ClF3NO3S/c1-2-22-12-6-3-8(7-9(12)15)23(20,21)19-11-5-4-10(16)13(17)14(11)18/h3-7,19H,2H2,1H3. The molecule has 2 rings (SSSR count). The fourth-order valence-corrected chi connectivity index (χ4v) is 3.11. The van der Waals surface area contributed by atoms with E-state index in [9.17, 15) is 21.6 Å². The molecular formula is C14H11ClF3NO3S. The number of rotatable bonds is 5. The highest BCUT2D eigenvalue weighted by Gasteiger charge is 2.21. The molecule has 2 aromatic carbocycles. The Morgan fingerprint density at radius 3 is 2.43 bits per heavy atom. The van der Waals surface area contributed by atoms with Crippen LogP contribution in [0.4, 0.5) is 18.9 Å². The van der Waals surface area contributed by atoms with Gasteiger partial charge in [0.1, 0.15) is 5.75 Å². The lowest BCUT2D eigenvalue weighted by Gasteiger charge is -2.11. The first-order valence-electron chi connectivity index (χ1n) is 6.35. The van der Waals surface area contributed by atoms with E-state index in [0.29, 0.717) is 12.7 Å². The van der Waals surface area contributed by atoms with Gasteiger partial charge in [0, 0.05) is 0 Å². The molecular weight excluding hydrogens is 355 g/mol. The zero-order valence-electron chi connectivity index (χ0n) is 11.7. The number of hydrogen-bond acceptors (Lipinski definition) is 3. The van der Waals surface area contributed by atoms with Crippen molar-refractivity contribution in [3.8, 4) is 5.75 Å². The fourth-order valence-electron chi connectivity index (χ4n) is 1.73. The van der Waals surface area contributed by atoms with Crippen molar-refractivity contribution in [3.63, 3.8) is 0 Å². The molecule has 0 atom stereocenters. The van der Waals surface area contributed by atoms with Crippen LogP contribution in [0.5, 0.6) is 5.75 Å². The Morgan fingerprint density at radius 2 is 1.83 bits per heavy atom. The van der Waals surface area contributed by atoms with Crippen LogP contribution in [0, 0.1) is 17.5 Å². The van der Waals surface area contributed by atoms with Gasteiger partial charge in [-0.25, -0.2) is 21.6 Å². The van der Waals surface area contributed by atoms with Crippen LogP contribution in [-0.4, -0.2) is 15.0 Å². The third-order valence-electron chi connectivity index (χ3n) is 2.79. The van der Waals surface area contributed by atoms with Gasteiger partial charge in [0.2, 0.25) is 0 Å². The molecule has 0 aromatic heterocycles. The lowest BCUT2D eigenvalue weighted by Crippen LogP contribution is -2.15. The van der Waals surface area contributed by atoms with Crippen molar-refractivity contribution >= 4 is 27.3 Å². The third-order valence-corrected chi connectivity index (χ3v) is 4.45. The van der Waals surface area contributed by atoms with Crippen molar-refractivity contribution in [3.05, 3.63) is 52.8 Å². The topological polar surface area (TPSA) is 55.4 Å². The second-order valence-corrected chi connectivity index (χ2v) is 6.44. The van der Waals surface area contributed by atoms with Crippen LogP contribution < -0.4 is 9.46 Å². The minimum absolute atomic E-state index is 0.0421. The zero-order valence-corrected chi connectivity index (χ0v) is 13.3. The molecule has 0 saturated heterocycles. The number of hydrogen-bond donors (Lipinski definition) is 1. The smallest absolute Gasteiger partial charge is 0.262 e. The maximum absolute atomic E-state index is 13.6. The number of halogens is 4. The van der Waals surface area contributed by atoms with Crippen molar-refractivity contribution in [2.24, 2.45) is 0 Å². The summed E-state index contributed by atoms with van der Waals surface area (Å²) in [6.45, 7) is 2.07. The van der Waals surface area contributed by atoms with Gasteiger partial charge < -0.3 is 4.74 Å². The van der Waals surface area contributed by atoms with E-state index in [-0.39, 0.29) is 15.7 Å². The first-order valence-corrected chi connectivity index (χ1v) is 8.21. The quantitative estimate of drug-likeness (QED) is 0.816. The van der Waals surface area contributed by atoms with E-state index in [1.165, 1.54) is 12.1 Å². The Hall–Kier alpha value is -1.93. The number of sulfonamides is 1. The van der Waals surface area contributed by atoms with Crippen LogP contribution in [0.25, 0.3) is 0 Å². The highest BCUT2D eigenvalue weighted by Crippen LogP contribution is 2.29. The number of nitrogens with one attached hydrogen (secondary N) is 1. The van der Waals surface area contributed by atoms with Crippen molar-refractivity contribution < 1.29 is 26.3 Å². The second kappa shape index (κ2) is 6.67. The molecule has 2 aromatic rings. The molecule has 0 saturated carbocycles. The maximum atomic E-state index is 13.6. The summed E-state index contributed by atoms with van der Waals surface area (Å²) < 4.78 is 70.9. The Morgan fingerprint density at radius 1 is 1.13 bits per heavy atom. The molecule has 4 nitrogen and oxygen atoms in total. The third kappa shape index (κ3) is 3.70. The molecule has 0 aliphatic carbocycles. The van der Waals surface area contributed by atoms with E-state index >= 15 is 0 Å². The minimum Gasteiger partial charge on any atom is -0.492 e. The molecule has 0 bridgehead atoms.